The predicted octanol–water partition coefficient (Wildman–Crippen LogP) is 2.19. The number of amides is 1. The number of aryl methyl sites for hydroxylation is 1. The number of halogens is 1. The van der Waals surface area contributed by atoms with Gasteiger partial charge in [0.1, 0.15) is 16.9 Å². The summed E-state index contributed by atoms with van der Waals surface area (Å²) in [6, 6.07) is 8.93. The summed E-state index contributed by atoms with van der Waals surface area (Å²) in [4.78, 5) is 29.1. The number of hydrogen-bond acceptors (Lipinski definition) is 4. The minimum atomic E-state index is -0.707. The Labute approximate surface area is 142 Å². The second-order valence-electron chi connectivity index (χ2n) is 5.45. The molecule has 0 atom stereocenters. The van der Waals surface area contributed by atoms with Gasteiger partial charge in [-0.25, -0.2) is 4.39 Å². The molecule has 128 valence electrons. The molecule has 2 heterocycles. The number of rotatable bonds is 4. The van der Waals surface area contributed by atoms with E-state index in [1.165, 1.54) is 35.0 Å². The van der Waals surface area contributed by atoms with Crippen molar-refractivity contribution in [1.29, 1.82) is 0 Å². The van der Waals surface area contributed by atoms with Crippen LogP contribution in [-0.2, 0) is 13.1 Å². The Morgan fingerprint density at radius 3 is 2.68 bits per heavy atom. The molecule has 0 unspecified atom stereocenters. The highest BCUT2D eigenvalue weighted by Gasteiger charge is 2.22. The lowest BCUT2D eigenvalue weighted by molar-refractivity contribution is 0.0946. The summed E-state index contributed by atoms with van der Waals surface area (Å²) in [5, 5.41) is 12.9. The molecule has 0 saturated carbocycles. The van der Waals surface area contributed by atoms with Crippen LogP contribution in [0.5, 0.6) is 5.75 Å². The monoisotopic (exact) mass is 341 g/mol. The second-order valence-corrected chi connectivity index (χ2v) is 5.45. The van der Waals surface area contributed by atoms with Crippen LogP contribution in [-0.4, -0.2) is 20.6 Å². The van der Waals surface area contributed by atoms with E-state index in [-0.39, 0.29) is 23.4 Å². The van der Waals surface area contributed by atoms with Gasteiger partial charge in [-0.3, -0.25) is 14.6 Å². The Morgan fingerprint density at radius 1 is 1.28 bits per heavy atom. The number of nitrogens with zero attached hydrogens (tertiary/aromatic N) is 2. The Morgan fingerprint density at radius 2 is 2.00 bits per heavy atom. The molecule has 2 aromatic heterocycles. The maximum Gasteiger partial charge on any atom is 0.267 e. The minimum absolute atomic E-state index is 0.102. The highest BCUT2D eigenvalue weighted by Crippen LogP contribution is 2.24. The van der Waals surface area contributed by atoms with E-state index in [4.69, 9.17) is 0 Å². The Balaban J connectivity index is 1.98. The average Bonchev–Trinajstić information content (AvgIpc) is 2.62. The number of pyridine rings is 2. The largest absolute Gasteiger partial charge is 0.505 e. The lowest BCUT2D eigenvalue weighted by Gasteiger charge is -2.13. The number of carbonyl (C=O) groups excluding carboxylic acids is 1. The number of fused-ring (bicyclic) bond motifs is 1. The van der Waals surface area contributed by atoms with E-state index in [9.17, 15) is 19.1 Å². The Bertz CT molecular complexity index is 997. The summed E-state index contributed by atoms with van der Waals surface area (Å²) in [6.07, 6.45) is 1.48. The van der Waals surface area contributed by atoms with Crippen molar-refractivity contribution in [2.75, 3.05) is 0 Å². The van der Waals surface area contributed by atoms with Gasteiger partial charge in [0, 0.05) is 19.3 Å². The van der Waals surface area contributed by atoms with Crippen LogP contribution in [0.1, 0.15) is 22.8 Å². The molecule has 1 amide bonds. The van der Waals surface area contributed by atoms with Gasteiger partial charge in [0.15, 0.2) is 5.75 Å². The van der Waals surface area contributed by atoms with Crippen LogP contribution in [0, 0.1) is 5.82 Å². The van der Waals surface area contributed by atoms with Crippen molar-refractivity contribution in [3.63, 3.8) is 0 Å². The summed E-state index contributed by atoms with van der Waals surface area (Å²) in [7, 11) is 0. The van der Waals surface area contributed by atoms with E-state index in [0.717, 1.165) is 0 Å². The number of benzene rings is 1. The van der Waals surface area contributed by atoms with Crippen LogP contribution < -0.4 is 10.9 Å². The number of nitrogens with one attached hydrogen (secondary N) is 1. The van der Waals surface area contributed by atoms with Crippen molar-refractivity contribution in [1.82, 2.24) is 14.9 Å². The van der Waals surface area contributed by atoms with Crippen LogP contribution >= 0.6 is 0 Å². The molecule has 0 radical (unpaired) electrons. The average molecular weight is 341 g/mol. The van der Waals surface area contributed by atoms with Gasteiger partial charge in [-0.2, -0.15) is 0 Å². The molecule has 3 rings (SSSR count). The van der Waals surface area contributed by atoms with Gasteiger partial charge < -0.3 is 15.0 Å². The normalized spacial score (nSPS) is 10.8. The molecule has 0 aliphatic carbocycles. The zero-order valence-corrected chi connectivity index (χ0v) is 13.5. The Hall–Kier alpha value is -3.22. The summed E-state index contributed by atoms with van der Waals surface area (Å²) < 4.78 is 14.3. The molecule has 0 fully saturated rings. The van der Waals surface area contributed by atoms with Crippen LogP contribution in [0.15, 0.2) is 47.4 Å². The summed E-state index contributed by atoms with van der Waals surface area (Å²) >= 11 is 0. The molecule has 7 heteroatoms. The first-order chi connectivity index (χ1) is 12.0. The first-order valence-electron chi connectivity index (χ1n) is 7.76. The molecular weight excluding hydrogens is 325 g/mol. The first-order valence-corrected chi connectivity index (χ1v) is 7.76. The van der Waals surface area contributed by atoms with Crippen LogP contribution in [0.2, 0.25) is 0 Å². The number of hydrogen-bond donors (Lipinski definition) is 2. The quantitative estimate of drug-likeness (QED) is 0.762. The van der Waals surface area contributed by atoms with Gasteiger partial charge in [0.25, 0.3) is 11.5 Å². The van der Waals surface area contributed by atoms with E-state index in [0.29, 0.717) is 17.6 Å². The third-order valence-electron chi connectivity index (χ3n) is 3.91. The molecule has 2 N–H and O–H groups in total. The van der Waals surface area contributed by atoms with E-state index in [1.54, 1.807) is 19.1 Å². The SMILES string of the molecule is CCn1c(=O)c(C(=O)NCc2ccc(F)cc2)c(O)c2ncccc21. The fraction of sp³-hybridized carbons (Fsp3) is 0.167. The molecule has 1 aromatic carbocycles. The van der Waals surface area contributed by atoms with Gasteiger partial charge in [0.2, 0.25) is 0 Å². The molecule has 6 nitrogen and oxygen atoms in total. The molecule has 0 saturated heterocycles. The highest BCUT2D eigenvalue weighted by molar-refractivity contribution is 6.01. The molecule has 25 heavy (non-hydrogen) atoms. The van der Waals surface area contributed by atoms with E-state index < -0.39 is 17.2 Å². The van der Waals surface area contributed by atoms with Crippen molar-refractivity contribution >= 4 is 16.9 Å². The van der Waals surface area contributed by atoms with Gasteiger partial charge >= 0.3 is 0 Å². The number of aromatic nitrogens is 2. The standard InChI is InChI=1S/C18H16FN3O3/c1-2-22-13-4-3-9-20-15(13)16(23)14(18(22)25)17(24)21-10-11-5-7-12(19)8-6-11/h3-9,23H,2,10H2,1H3,(H,21,24). The Kier molecular flexibility index (Phi) is 4.47. The van der Waals surface area contributed by atoms with E-state index in [1.807, 2.05) is 0 Å². The molecule has 0 aliphatic heterocycles. The summed E-state index contributed by atoms with van der Waals surface area (Å²) in [5.74, 6) is -1.53. The van der Waals surface area contributed by atoms with Gasteiger partial charge in [0.05, 0.1) is 5.52 Å². The van der Waals surface area contributed by atoms with Gasteiger partial charge in [-0.1, -0.05) is 12.1 Å². The van der Waals surface area contributed by atoms with Crippen molar-refractivity contribution in [2.45, 2.75) is 20.0 Å². The fourth-order valence-corrected chi connectivity index (χ4v) is 2.65. The van der Waals surface area contributed by atoms with Crippen molar-refractivity contribution < 1.29 is 14.3 Å². The van der Waals surface area contributed by atoms with Gasteiger partial charge in [-0.15, -0.1) is 0 Å². The summed E-state index contributed by atoms with van der Waals surface area (Å²) in [6.45, 7) is 2.20. The fourth-order valence-electron chi connectivity index (χ4n) is 2.65. The molecule has 0 spiro atoms. The third kappa shape index (κ3) is 3.08. The van der Waals surface area contributed by atoms with E-state index >= 15 is 0 Å². The maximum atomic E-state index is 12.9. The molecule has 3 aromatic rings. The lowest BCUT2D eigenvalue weighted by Crippen LogP contribution is -2.33. The van der Waals surface area contributed by atoms with Crippen LogP contribution in [0.25, 0.3) is 11.0 Å². The number of carbonyl (C=O) groups is 1. The van der Waals surface area contributed by atoms with Crippen molar-refractivity contribution in [3.8, 4) is 5.75 Å². The smallest absolute Gasteiger partial charge is 0.267 e. The van der Waals surface area contributed by atoms with Gasteiger partial charge in [-0.05, 0) is 36.8 Å². The second kappa shape index (κ2) is 6.72. The maximum absolute atomic E-state index is 12.9. The molecular formula is C18H16FN3O3. The molecule has 0 aliphatic rings. The topological polar surface area (TPSA) is 84.2 Å². The van der Waals surface area contributed by atoms with Crippen LogP contribution in [0.3, 0.4) is 0 Å². The highest BCUT2D eigenvalue weighted by atomic mass is 19.1. The number of aromatic hydroxyl groups is 1. The van der Waals surface area contributed by atoms with E-state index in [2.05, 4.69) is 10.3 Å². The van der Waals surface area contributed by atoms with Crippen LogP contribution in [0.4, 0.5) is 4.39 Å². The zero-order valence-electron chi connectivity index (χ0n) is 13.5. The van der Waals surface area contributed by atoms with Crippen molar-refractivity contribution in [3.05, 3.63) is 69.9 Å². The minimum Gasteiger partial charge on any atom is -0.505 e. The third-order valence-corrected chi connectivity index (χ3v) is 3.91. The predicted molar refractivity (Wildman–Crippen MR) is 90.9 cm³/mol. The molecule has 0 bridgehead atoms. The van der Waals surface area contributed by atoms with Crippen molar-refractivity contribution in [2.24, 2.45) is 0 Å². The zero-order chi connectivity index (χ0) is 18.0. The first kappa shape index (κ1) is 16.6. The lowest BCUT2D eigenvalue weighted by atomic mass is 10.1. The summed E-state index contributed by atoms with van der Waals surface area (Å²) in [5.41, 5.74) is 0.384.